The predicted octanol–water partition coefficient (Wildman–Crippen LogP) is 3.79. The lowest BCUT2D eigenvalue weighted by Crippen LogP contribution is -2.44. The van der Waals surface area contributed by atoms with Crippen molar-refractivity contribution in [3.05, 3.63) is 0 Å². The minimum Gasteiger partial charge on any atom is -0.300 e. The van der Waals surface area contributed by atoms with Gasteiger partial charge in [0.15, 0.2) is 0 Å². The Labute approximate surface area is 90.9 Å². The Morgan fingerprint density at radius 3 is 1.21 bits per heavy atom. The molecule has 1 nitrogen and oxygen atoms in total. The summed E-state index contributed by atoms with van der Waals surface area (Å²) in [5.74, 6) is 1.52. The van der Waals surface area contributed by atoms with Crippen molar-refractivity contribution in [3.8, 4) is 0 Å². The minimum absolute atomic E-state index is 0.738. The Balaban J connectivity index is 4.44. The van der Waals surface area contributed by atoms with Crippen molar-refractivity contribution < 1.29 is 0 Å². The maximum Gasteiger partial charge on any atom is 0.0116 e. The number of rotatable bonds is 6. The topological polar surface area (TPSA) is 3.24 Å². The molecule has 0 heterocycles. The zero-order valence-electron chi connectivity index (χ0n) is 11.2. The van der Waals surface area contributed by atoms with Crippen LogP contribution in [0.3, 0.4) is 0 Å². The summed E-state index contributed by atoms with van der Waals surface area (Å²) < 4.78 is 0. The highest BCUT2D eigenvalue weighted by Crippen LogP contribution is 2.21. The second kappa shape index (κ2) is 6.44. The smallest absolute Gasteiger partial charge is 0.0116 e. The highest BCUT2D eigenvalue weighted by atomic mass is 15.2. The molecule has 0 aromatic carbocycles. The van der Waals surface area contributed by atoms with E-state index in [-0.39, 0.29) is 0 Å². The average molecular weight is 199 g/mol. The average Bonchev–Trinajstić information content (AvgIpc) is 2.04. The van der Waals surface area contributed by atoms with Gasteiger partial charge in [-0.3, -0.25) is 4.90 Å². The molecule has 0 aliphatic carbocycles. The molecule has 0 aromatic heterocycles. The molecule has 0 bridgehead atoms. The second-order valence-electron chi connectivity index (χ2n) is 5.10. The molecule has 0 aliphatic heterocycles. The third kappa shape index (κ3) is 3.61. The van der Waals surface area contributed by atoms with Gasteiger partial charge < -0.3 is 0 Å². The lowest BCUT2D eigenvalue weighted by molar-refractivity contribution is 0.0990. The molecule has 0 aliphatic rings. The summed E-state index contributed by atoms with van der Waals surface area (Å²) in [6.07, 6.45) is 2.52. The van der Waals surface area contributed by atoms with Gasteiger partial charge in [0, 0.05) is 12.1 Å². The van der Waals surface area contributed by atoms with Crippen LogP contribution in [0.15, 0.2) is 0 Å². The zero-order valence-corrected chi connectivity index (χ0v) is 11.2. The maximum atomic E-state index is 2.59. The standard InChI is InChI=1S/C13H29N/c1-8-12(10(3)4)14(7)13(9-2)11(5)6/h10-13H,8-9H2,1-7H3. The summed E-state index contributed by atoms with van der Waals surface area (Å²) in [5.41, 5.74) is 0. The van der Waals surface area contributed by atoms with Crippen molar-refractivity contribution in [3.63, 3.8) is 0 Å². The van der Waals surface area contributed by atoms with Gasteiger partial charge in [0.1, 0.15) is 0 Å². The first-order chi connectivity index (χ1) is 6.45. The molecule has 1 heteroatoms. The number of hydrogen-bond acceptors (Lipinski definition) is 1. The SMILES string of the molecule is CCC(C(C)C)N(C)C(CC)C(C)C. The summed E-state index contributed by atoms with van der Waals surface area (Å²) in [4.78, 5) is 2.59. The molecule has 0 spiro atoms. The van der Waals surface area contributed by atoms with Crippen LogP contribution < -0.4 is 0 Å². The fourth-order valence-corrected chi connectivity index (χ4v) is 2.71. The van der Waals surface area contributed by atoms with Gasteiger partial charge in [-0.1, -0.05) is 41.5 Å². The van der Waals surface area contributed by atoms with Crippen LogP contribution in [-0.2, 0) is 0 Å². The summed E-state index contributed by atoms with van der Waals surface area (Å²) in [5, 5.41) is 0. The van der Waals surface area contributed by atoms with Crippen LogP contribution in [-0.4, -0.2) is 24.0 Å². The van der Waals surface area contributed by atoms with Crippen molar-refractivity contribution in [2.75, 3.05) is 7.05 Å². The van der Waals surface area contributed by atoms with E-state index < -0.39 is 0 Å². The first-order valence-corrected chi connectivity index (χ1v) is 6.17. The van der Waals surface area contributed by atoms with E-state index >= 15 is 0 Å². The van der Waals surface area contributed by atoms with Crippen LogP contribution in [0.5, 0.6) is 0 Å². The van der Waals surface area contributed by atoms with Gasteiger partial charge in [0.05, 0.1) is 0 Å². The first kappa shape index (κ1) is 14.0. The molecule has 0 fully saturated rings. The number of hydrogen-bond donors (Lipinski definition) is 0. The maximum absolute atomic E-state index is 2.59. The molecular formula is C13H29N. The molecule has 0 rings (SSSR count). The molecule has 0 N–H and O–H groups in total. The summed E-state index contributed by atoms with van der Waals surface area (Å²) in [7, 11) is 2.29. The predicted molar refractivity (Wildman–Crippen MR) is 65.6 cm³/mol. The highest BCUT2D eigenvalue weighted by molar-refractivity contribution is 4.79. The Bertz CT molecular complexity index is 124. The van der Waals surface area contributed by atoms with Gasteiger partial charge in [0.2, 0.25) is 0 Å². The van der Waals surface area contributed by atoms with E-state index in [9.17, 15) is 0 Å². The molecule has 0 saturated heterocycles. The fourth-order valence-electron chi connectivity index (χ4n) is 2.71. The van der Waals surface area contributed by atoms with Crippen molar-refractivity contribution in [1.29, 1.82) is 0 Å². The van der Waals surface area contributed by atoms with E-state index in [1.807, 2.05) is 0 Å². The molecule has 2 unspecified atom stereocenters. The molecule has 0 radical (unpaired) electrons. The van der Waals surface area contributed by atoms with Crippen LogP contribution in [0.1, 0.15) is 54.4 Å². The minimum atomic E-state index is 0.738. The summed E-state index contributed by atoms with van der Waals surface area (Å²) in [6.45, 7) is 13.9. The third-order valence-corrected chi connectivity index (χ3v) is 3.42. The Morgan fingerprint density at radius 2 is 1.07 bits per heavy atom. The normalized spacial score (nSPS) is 16.7. The van der Waals surface area contributed by atoms with Gasteiger partial charge in [-0.2, -0.15) is 0 Å². The van der Waals surface area contributed by atoms with Crippen LogP contribution in [0.25, 0.3) is 0 Å². The lowest BCUT2D eigenvalue weighted by atomic mass is 9.93. The van der Waals surface area contributed by atoms with E-state index in [0.29, 0.717) is 0 Å². The number of nitrogens with zero attached hydrogens (tertiary/aromatic N) is 1. The van der Waals surface area contributed by atoms with Gasteiger partial charge in [-0.15, -0.1) is 0 Å². The lowest BCUT2D eigenvalue weighted by Gasteiger charge is -2.38. The van der Waals surface area contributed by atoms with E-state index in [0.717, 1.165) is 23.9 Å². The van der Waals surface area contributed by atoms with Gasteiger partial charge in [-0.25, -0.2) is 0 Å². The largest absolute Gasteiger partial charge is 0.300 e. The first-order valence-electron chi connectivity index (χ1n) is 6.17. The van der Waals surface area contributed by atoms with Crippen LogP contribution in [0.2, 0.25) is 0 Å². The quantitative estimate of drug-likeness (QED) is 0.629. The summed E-state index contributed by atoms with van der Waals surface area (Å²) >= 11 is 0. The molecular weight excluding hydrogens is 170 g/mol. The Hall–Kier alpha value is -0.0400. The molecule has 86 valence electrons. The van der Waals surface area contributed by atoms with Gasteiger partial charge in [-0.05, 0) is 31.7 Å². The van der Waals surface area contributed by atoms with Crippen molar-refractivity contribution in [2.45, 2.75) is 66.5 Å². The Kier molecular flexibility index (Phi) is 6.43. The van der Waals surface area contributed by atoms with Crippen LogP contribution in [0, 0.1) is 11.8 Å². The Morgan fingerprint density at radius 1 is 0.786 bits per heavy atom. The van der Waals surface area contributed by atoms with Crippen molar-refractivity contribution >= 4 is 0 Å². The molecule has 0 saturated carbocycles. The van der Waals surface area contributed by atoms with E-state index in [4.69, 9.17) is 0 Å². The monoisotopic (exact) mass is 199 g/mol. The zero-order chi connectivity index (χ0) is 11.3. The second-order valence-corrected chi connectivity index (χ2v) is 5.10. The van der Waals surface area contributed by atoms with E-state index in [1.165, 1.54) is 12.8 Å². The summed E-state index contributed by atoms with van der Waals surface area (Å²) in [6, 6.07) is 1.48. The molecule has 0 aromatic rings. The third-order valence-electron chi connectivity index (χ3n) is 3.42. The molecule has 0 amide bonds. The van der Waals surface area contributed by atoms with Gasteiger partial charge in [0.25, 0.3) is 0 Å². The molecule has 2 atom stereocenters. The molecule has 14 heavy (non-hydrogen) atoms. The van der Waals surface area contributed by atoms with Crippen molar-refractivity contribution in [1.82, 2.24) is 4.90 Å². The van der Waals surface area contributed by atoms with Crippen molar-refractivity contribution in [2.24, 2.45) is 11.8 Å². The van der Waals surface area contributed by atoms with Gasteiger partial charge >= 0.3 is 0 Å². The van der Waals surface area contributed by atoms with E-state index in [1.54, 1.807) is 0 Å². The van der Waals surface area contributed by atoms with Crippen LogP contribution >= 0.6 is 0 Å². The highest BCUT2D eigenvalue weighted by Gasteiger charge is 2.24. The van der Waals surface area contributed by atoms with Crippen LogP contribution in [0.4, 0.5) is 0 Å². The fraction of sp³-hybridized carbons (Fsp3) is 1.00. The van der Waals surface area contributed by atoms with E-state index in [2.05, 4.69) is 53.5 Å².